The van der Waals surface area contributed by atoms with Crippen LogP contribution in [0.4, 0.5) is 10.1 Å². The van der Waals surface area contributed by atoms with Gasteiger partial charge in [0.1, 0.15) is 17.7 Å². The predicted molar refractivity (Wildman–Crippen MR) is 128 cm³/mol. The van der Waals surface area contributed by atoms with Gasteiger partial charge in [0.15, 0.2) is 11.5 Å². The van der Waals surface area contributed by atoms with Crippen LogP contribution in [-0.4, -0.2) is 36.9 Å². The fourth-order valence-corrected chi connectivity index (χ4v) is 3.25. The molecule has 1 atom stereocenters. The summed E-state index contributed by atoms with van der Waals surface area (Å²) < 4.78 is 25.4. The number of hydrazine groups is 1. The van der Waals surface area contributed by atoms with Crippen LogP contribution >= 0.6 is 0 Å². The van der Waals surface area contributed by atoms with Crippen LogP contribution in [0, 0.1) is 18.2 Å². The number of ether oxygens (including phenoxy) is 2. The number of carbonyl (C=O) groups excluding carboxylic acids is 2. The van der Waals surface area contributed by atoms with E-state index in [2.05, 4.69) is 21.2 Å². The lowest BCUT2D eigenvalue weighted by Crippen LogP contribution is -2.45. The first-order valence-electron chi connectivity index (χ1n) is 10.4. The molecule has 0 spiro atoms. The van der Waals surface area contributed by atoms with E-state index in [-0.39, 0.29) is 28.5 Å². The van der Waals surface area contributed by atoms with Crippen molar-refractivity contribution in [3.05, 3.63) is 82.9 Å². The monoisotopic (exact) mass is 480 g/mol. The predicted octanol–water partition coefficient (Wildman–Crippen LogP) is 2.44. The molecule has 10 nitrogen and oxygen atoms in total. The van der Waals surface area contributed by atoms with Gasteiger partial charge in [0.2, 0.25) is 0 Å². The Labute approximate surface area is 201 Å². The summed E-state index contributed by atoms with van der Waals surface area (Å²) in [7, 11) is 2.75. The molecule has 0 fully saturated rings. The molecule has 0 bridgehead atoms. The van der Waals surface area contributed by atoms with E-state index in [4.69, 9.17) is 20.6 Å². The highest BCUT2D eigenvalue weighted by Crippen LogP contribution is 2.33. The van der Waals surface area contributed by atoms with Crippen molar-refractivity contribution in [3.63, 3.8) is 0 Å². The summed E-state index contributed by atoms with van der Waals surface area (Å²) in [5.41, 5.74) is 12.0. The van der Waals surface area contributed by atoms with Gasteiger partial charge >= 0.3 is 0 Å². The van der Waals surface area contributed by atoms with Crippen molar-refractivity contribution in [2.75, 3.05) is 19.5 Å². The van der Waals surface area contributed by atoms with E-state index in [9.17, 15) is 9.59 Å². The summed E-state index contributed by atoms with van der Waals surface area (Å²) in [6.45, 7) is 1.73. The quantitative estimate of drug-likeness (QED) is 0.189. The first kappa shape index (κ1) is 25.0. The second-order valence-corrected chi connectivity index (χ2v) is 7.43. The molecular formula is C24H25FN6O4. The maximum absolute atomic E-state index is 15.1. The van der Waals surface area contributed by atoms with Crippen LogP contribution in [0.25, 0.3) is 0 Å². The Hall–Kier alpha value is -4.67. The highest BCUT2D eigenvalue weighted by atomic mass is 19.1. The number of halogens is 1. The molecule has 6 N–H and O–H groups in total. The molecule has 182 valence electrons. The molecule has 3 rings (SSSR count). The number of aromatic nitrogens is 1. The minimum absolute atomic E-state index is 0.0531. The Morgan fingerprint density at radius 2 is 1.71 bits per heavy atom. The van der Waals surface area contributed by atoms with E-state index in [1.54, 1.807) is 43.5 Å². The van der Waals surface area contributed by atoms with Crippen molar-refractivity contribution in [2.24, 2.45) is 5.73 Å². The minimum atomic E-state index is -1.28. The summed E-state index contributed by atoms with van der Waals surface area (Å²) in [4.78, 5) is 29.6. The molecule has 2 amide bonds. The van der Waals surface area contributed by atoms with Crippen molar-refractivity contribution in [3.8, 4) is 11.5 Å². The molecule has 35 heavy (non-hydrogen) atoms. The molecule has 0 aliphatic carbocycles. The zero-order valence-corrected chi connectivity index (χ0v) is 19.3. The van der Waals surface area contributed by atoms with Gasteiger partial charge in [0.05, 0.1) is 19.8 Å². The molecule has 0 saturated carbocycles. The summed E-state index contributed by atoms with van der Waals surface area (Å²) >= 11 is 0. The Morgan fingerprint density at radius 1 is 1.06 bits per heavy atom. The molecule has 11 heteroatoms. The van der Waals surface area contributed by atoms with Gasteiger partial charge < -0.3 is 20.5 Å². The molecule has 1 unspecified atom stereocenters. The van der Waals surface area contributed by atoms with E-state index < -0.39 is 23.7 Å². The van der Waals surface area contributed by atoms with Gasteiger partial charge in [-0.15, -0.1) is 0 Å². The first-order chi connectivity index (χ1) is 16.7. The number of hydrogen-bond acceptors (Lipinski definition) is 7. The van der Waals surface area contributed by atoms with Gasteiger partial charge in [0, 0.05) is 35.3 Å². The van der Waals surface area contributed by atoms with Crippen LogP contribution in [0.5, 0.6) is 11.5 Å². The Kier molecular flexibility index (Phi) is 7.82. The van der Waals surface area contributed by atoms with Gasteiger partial charge in [-0.05, 0) is 48.9 Å². The van der Waals surface area contributed by atoms with Crippen molar-refractivity contribution < 1.29 is 23.5 Å². The van der Waals surface area contributed by atoms with E-state index in [1.807, 2.05) is 0 Å². The molecule has 3 aromatic rings. The fraction of sp³-hybridized carbons (Fsp3) is 0.167. The molecule has 0 saturated heterocycles. The number of amidine groups is 1. The van der Waals surface area contributed by atoms with Gasteiger partial charge in [-0.2, -0.15) is 0 Å². The number of aryl methyl sites for hydroxylation is 1. The number of carbonyl (C=O) groups is 2. The van der Waals surface area contributed by atoms with Crippen LogP contribution < -0.4 is 31.4 Å². The normalized spacial score (nSPS) is 11.2. The third kappa shape index (κ3) is 5.82. The summed E-state index contributed by atoms with van der Waals surface area (Å²) in [6, 6.07) is 9.16. The van der Waals surface area contributed by atoms with Gasteiger partial charge in [-0.1, -0.05) is 0 Å². The SMILES string of the molecule is COc1cc(F)c(C(Nc2ccc(C(=N)N)cc2)C(=O)NNC(=O)c2cnccc2C)cc1OC. The van der Waals surface area contributed by atoms with E-state index in [0.717, 1.165) is 6.07 Å². The Morgan fingerprint density at radius 3 is 2.31 bits per heavy atom. The van der Waals surface area contributed by atoms with Crippen molar-refractivity contribution in [2.45, 2.75) is 13.0 Å². The second-order valence-electron chi connectivity index (χ2n) is 7.43. The molecule has 1 aromatic heterocycles. The zero-order chi connectivity index (χ0) is 25.5. The Balaban J connectivity index is 1.91. The number of nitrogens with two attached hydrogens (primary N) is 1. The number of methoxy groups -OCH3 is 2. The summed E-state index contributed by atoms with van der Waals surface area (Å²) in [5.74, 6) is -1.82. The maximum Gasteiger partial charge on any atom is 0.271 e. The number of benzene rings is 2. The third-order valence-corrected chi connectivity index (χ3v) is 5.17. The van der Waals surface area contributed by atoms with Crippen molar-refractivity contribution >= 4 is 23.3 Å². The maximum atomic E-state index is 15.1. The molecule has 0 aliphatic rings. The number of rotatable bonds is 8. The third-order valence-electron chi connectivity index (χ3n) is 5.17. The second kappa shape index (κ2) is 11.0. The average Bonchev–Trinajstić information content (AvgIpc) is 2.86. The lowest BCUT2D eigenvalue weighted by atomic mass is 10.0. The molecule has 0 aliphatic heterocycles. The summed E-state index contributed by atoms with van der Waals surface area (Å²) in [6.07, 6.45) is 2.92. The van der Waals surface area contributed by atoms with Crippen LogP contribution in [0.1, 0.15) is 33.1 Å². The number of amides is 2. The van der Waals surface area contributed by atoms with Crippen LogP contribution in [0.2, 0.25) is 0 Å². The van der Waals surface area contributed by atoms with Crippen LogP contribution in [0.15, 0.2) is 54.9 Å². The highest BCUT2D eigenvalue weighted by Gasteiger charge is 2.27. The van der Waals surface area contributed by atoms with E-state index in [1.165, 1.54) is 26.5 Å². The van der Waals surface area contributed by atoms with E-state index in [0.29, 0.717) is 16.8 Å². The lowest BCUT2D eigenvalue weighted by Gasteiger charge is -2.22. The largest absolute Gasteiger partial charge is 0.493 e. The van der Waals surface area contributed by atoms with Crippen molar-refractivity contribution in [1.29, 1.82) is 5.41 Å². The number of pyridine rings is 1. The average molecular weight is 481 g/mol. The topological polar surface area (TPSA) is 151 Å². The number of anilines is 1. The molecular weight excluding hydrogens is 455 g/mol. The zero-order valence-electron chi connectivity index (χ0n) is 19.3. The van der Waals surface area contributed by atoms with Gasteiger partial charge in [0.25, 0.3) is 11.8 Å². The molecule has 0 radical (unpaired) electrons. The number of nitrogen functional groups attached to an aromatic ring is 1. The Bertz CT molecular complexity index is 1250. The van der Waals surface area contributed by atoms with E-state index >= 15 is 4.39 Å². The standard InChI is InChI=1S/C24H25FN6O4/c1-13-8-9-28-12-17(13)23(32)30-31-24(33)21(29-15-6-4-14(5-7-15)22(26)27)16-10-19(34-2)20(35-3)11-18(16)25/h4-12,21,29H,1-3H3,(H3,26,27)(H,30,32)(H,31,33). The van der Waals surface area contributed by atoms with Gasteiger partial charge in [-0.25, -0.2) is 4.39 Å². The first-order valence-corrected chi connectivity index (χ1v) is 10.4. The van der Waals surface area contributed by atoms with Crippen LogP contribution in [0.3, 0.4) is 0 Å². The minimum Gasteiger partial charge on any atom is -0.493 e. The lowest BCUT2D eigenvalue weighted by molar-refractivity contribution is -0.122. The fourth-order valence-electron chi connectivity index (χ4n) is 3.25. The number of nitrogens with one attached hydrogen (secondary N) is 4. The smallest absolute Gasteiger partial charge is 0.271 e. The number of nitrogens with zero attached hydrogens (tertiary/aromatic N) is 1. The number of hydrogen-bond donors (Lipinski definition) is 5. The molecule has 2 aromatic carbocycles. The van der Waals surface area contributed by atoms with Crippen LogP contribution in [-0.2, 0) is 4.79 Å². The molecule has 1 heterocycles. The van der Waals surface area contributed by atoms with Crippen molar-refractivity contribution in [1.82, 2.24) is 15.8 Å². The van der Waals surface area contributed by atoms with Gasteiger partial charge in [-0.3, -0.25) is 30.8 Å². The highest BCUT2D eigenvalue weighted by molar-refractivity contribution is 5.97. The summed E-state index contributed by atoms with van der Waals surface area (Å²) in [5, 5.41) is 10.5.